The first-order valence-corrected chi connectivity index (χ1v) is 6.79. The third kappa shape index (κ3) is 4.75. The molecule has 0 aliphatic carbocycles. The van der Waals surface area contributed by atoms with E-state index in [1.165, 1.54) is 0 Å². The molecule has 0 saturated carbocycles. The predicted octanol–water partition coefficient (Wildman–Crippen LogP) is 2.46. The summed E-state index contributed by atoms with van der Waals surface area (Å²) in [5.74, 6) is 0.927. The van der Waals surface area contributed by atoms with Crippen molar-refractivity contribution < 1.29 is 4.74 Å². The number of nitrogens with one attached hydrogen (secondary N) is 1. The molecule has 0 bridgehead atoms. The lowest BCUT2D eigenvalue weighted by Crippen LogP contribution is -2.13. The normalized spacial score (nSPS) is 10.6. The zero-order chi connectivity index (χ0) is 13.3. The molecule has 102 valence electrons. The van der Waals surface area contributed by atoms with E-state index in [0.29, 0.717) is 6.61 Å². The third-order valence-corrected chi connectivity index (χ3v) is 2.80. The first kappa shape index (κ1) is 13.6. The lowest BCUT2D eigenvalue weighted by molar-refractivity contribution is 0.298. The average Bonchev–Trinajstić information content (AvgIpc) is 2.90. The Kier molecular flexibility index (Phi) is 5.44. The second-order valence-corrected chi connectivity index (χ2v) is 4.37. The third-order valence-electron chi connectivity index (χ3n) is 2.80. The number of benzene rings is 1. The van der Waals surface area contributed by atoms with Crippen molar-refractivity contribution in [3.05, 3.63) is 48.3 Å². The molecule has 0 saturated heterocycles. The van der Waals surface area contributed by atoms with Crippen LogP contribution in [-0.4, -0.2) is 22.9 Å². The second-order valence-electron chi connectivity index (χ2n) is 4.37. The molecule has 0 amide bonds. The highest BCUT2D eigenvalue weighted by atomic mass is 16.5. The van der Waals surface area contributed by atoms with Gasteiger partial charge < -0.3 is 10.1 Å². The Hall–Kier alpha value is -1.81. The summed E-state index contributed by atoms with van der Waals surface area (Å²) < 4.78 is 7.62. The van der Waals surface area contributed by atoms with E-state index in [9.17, 15) is 0 Å². The SMILES string of the molecule is CCNCc1ccn(CCCOc2ccccc2)n1. The minimum absolute atomic E-state index is 0.715. The fourth-order valence-corrected chi connectivity index (χ4v) is 1.81. The van der Waals surface area contributed by atoms with E-state index in [0.717, 1.165) is 37.5 Å². The Morgan fingerprint density at radius 1 is 1.21 bits per heavy atom. The summed E-state index contributed by atoms with van der Waals surface area (Å²) in [4.78, 5) is 0. The van der Waals surface area contributed by atoms with Crippen LogP contribution in [0.25, 0.3) is 0 Å². The molecule has 0 radical (unpaired) electrons. The highest BCUT2D eigenvalue weighted by Crippen LogP contribution is 2.08. The standard InChI is InChI=1S/C15H21N3O/c1-2-16-13-14-9-11-18(17-14)10-6-12-19-15-7-4-3-5-8-15/h3-5,7-9,11,16H,2,6,10,12-13H2,1H3. The predicted molar refractivity (Wildman–Crippen MR) is 76.2 cm³/mol. The van der Waals surface area contributed by atoms with Crippen LogP contribution in [0.2, 0.25) is 0 Å². The van der Waals surface area contributed by atoms with Crippen LogP contribution >= 0.6 is 0 Å². The highest BCUT2D eigenvalue weighted by Gasteiger charge is 1.98. The molecular weight excluding hydrogens is 238 g/mol. The van der Waals surface area contributed by atoms with Gasteiger partial charge in [0.2, 0.25) is 0 Å². The Bertz CT molecular complexity index is 467. The summed E-state index contributed by atoms with van der Waals surface area (Å²) in [7, 11) is 0. The molecule has 4 nitrogen and oxygen atoms in total. The van der Waals surface area contributed by atoms with Gasteiger partial charge in [-0.25, -0.2) is 0 Å². The number of hydrogen-bond donors (Lipinski definition) is 1. The van der Waals surface area contributed by atoms with Gasteiger partial charge in [0.1, 0.15) is 5.75 Å². The molecule has 2 aromatic rings. The minimum atomic E-state index is 0.715. The molecule has 0 spiro atoms. The number of rotatable bonds is 8. The van der Waals surface area contributed by atoms with Crippen LogP contribution in [-0.2, 0) is 13.1 Å². The molecule has 1 heterocycles. The smallest absolute Gasteiger partial charge is 0.119 e. The van der Waals surface area contributed by atoms with Crippen LogP contribution in [0.1, 0.15) is 19.0 Å². The number of hydrogen-bond acceptors (Lipinski definition) is 3. The molecule has 2 rings (SSSR count). The number of nitrogens with zero attached hydrogens (tertiary/aromatic N) is 2. The first-order valence-electron chi connectivity index (χ1n) is 6.79. The summed E-state index contributed by atoms with van der Waals surface area (Å²) in [6.07, 6.45) is 2.98. The highest BCUT2D eigenvalue weighted by molar-refractivity contribution is 5.20. The summed E-state index contributed by atoms with van der Waals surface area (Å²) in [6, 6.07) is 12.0. The molecule has 0 unspecified atom stereocenters. The zero-order valence-electron chi connectivity index (χ0n) is 11.4. The van der Waals surface area contributed by atoms with Crippen LogP contribution in [0.3, 0.4) is 0 Å². The van der Waals surface area contributed by atoms with Crippen molar-refractivity contribution in [1.82, 2.24) is 15.1 Å². The van der Waals surface area contributed by atoms with Crippen molar-refractivity contribution in [3.63, 3.8) is 0 Å². The molecule has 19 heavy (non-hydrogen) atoms. The van der Waals surface area contributed by atoms with Gasteiger partial charge in [-0.05, 0) is 24.7 Å². The van der Waals surface area contributed by atoms with E-state index < -0.39 is 0 Å². The van der Waals surface area contributed by atoms with Crippen molar-refractivity contribution in [2.45, 2.75) is 26.4 Å². The largest absolute Gasteiger partial charge is 0.494 e. The van der Waals surface area contributed by atoms with Crippen LogP contribution < -0.4 is 10.1 Å². The van der Waals surface area contributed by atoms with Crippen LogP contribution in [0.4, 0.5) is 0 Å². The van der Waals surface area contributed by atoms with Gasteiger partial charge in [0.05, 0.1) is 12.3 Å². The fraction of sp³-hybridized carbons (Fsp3) is 0.400. The number of ether oxygens (including phenoxy) is 1. The molecule has 0 atom stereocenters. The maximum Gasteiger partial charge on any atom is 0.119 e. The maximum atomic E-state index is 5.65. The summed E-state index contributed by atoms with van der Waals surface area (Å²) in [5, 5.41) is 7.76. The van der Waals surface area contributed by atoms with Gasteiger partial charge in [-0.1, -0.05) is 25.1 Å². The number of para-hydroxylation sites is 1. The lowest BCUT2D eigenvalue weighted by atomic mass is 10.3. The molecule has 4 heteroatoms. The Morgan fingerprint density at radius 3 is 2.84 bits per heavy atom. The molecule has 0 aliphatic rings. The van der Waals surface area contributed by atoms with Gasteiger partial charge in [0.25, 0.3) is 0 Å². The number of aromatic nitrogens is 2. The summed E-state index contributed by atoms with van der Waals surface area (Å²) in [5.41, 5.74) is 1.09. The van der Waals surface area contributed by atoms with Crippen molar-refractivity contribution in [2.75, 3.05) is 13.2 Å². The Balaban J connectivity index is 1.66. The van der Waals surface area contributed by atoms with Crippen LogP contribution in [0.5, 0.6) is 5.75 Å². The fourth-order valence-electron chi connectivity index (χ4n) is 1.81. The van der Waals surface area contributed by atoms with Crippen molar-refractivity contribution in [3.8, 4) is 5.75 Å². The monoisotopic (exact) mass is 259 g/mol. The first-order chi connectivity index (χ1) is 9.38. The quantitative estimate of drug-likeness (QED) is 0.740. The minimum Gasteiger partial charge on any atom is -0.494 e. The molecule has 1 N–H and O–H groups in total. The number of aryl methyl sites for hydroxylation is 1. The molecule has 1 aromatic carbocycles. The van der Waals surface area contributed by atoms with Gasteiger partial charge in [-0.3, -0.25) is 4.68 Å². The summed E-state index contributed by atoms with van der Waals surface area (Å²) >= 11 is 0. The van der Waals surface area contributed by atoms with E-state index in [4.69, 9.17) is 4.74 Å². The molecular formula is C15H21N3O. The van der Waals surface area contributed by atoms with E-state index in [-0.39, 0.29) is 0 Å². The molecule has 0 aliphatic heterocycles. The van der Waals surface area contributed by atoms with E-state index in [2.05, 4.69) is 23.4 Å². The zero-order valence-corrected chi connectivity index (χ0v) is 11.4. The molecule has 1 aromatic heterocycles. The van der Waals surface area contributed by atoms with Crippen molar-refractivity contribution in [1.29, 1.82) is 0 Å². The maximum absolute atomic E-state index is 5.65. The van der Waals surface area contributed by atoms with E-state index >= 15 is 0 Å². The van der Waals surface area contributed by atoms with Gasteiger partial charge in [-0.2, -0.15) is 5.10 Å². The van der Waals surface area contributed by atoms with Gasteiger partial charge in [0.15, 0.2) is 0 Å². The second kappa shape index (κ2) is 7.59. The average molecular weight is 259 g/mol. The van der Waals surface area contributed by atoms with Crippen LogP contribution in [0.15, 0.2) is 42.6 Å². The van der Waals surface area contributed by atoms with Gasteiger partial charge in [-0.15, -0.1) is 0 Å². The summed E-state index contributed by atoms with van der Waals surface area (Å²) in [6.45, 7) is 5.51. The Morgan fingerprint density at radius 2 is 2.05 bits per heavy atom. The Labute approximate surface area is 114 Å². The van der Waals surface area contributed by atoms with Gasteiger partial charge in [0, 0.05) is 25.7 Å². The topological polar surface area (TPSA) is 39.1 Å². The molecule has 0 fully saturated rings. The van der Waals surface area contributed by atoms with Crippen molar-refractivity contribution >= 4 is 0 Å². The van der Waals surface area contributed by atoms with Crippen LogP contribution in [0, 0.1) is 0 Å². The van der Waals surface area contributed by atoms with Gasteiger partial charge >= 0.3 is 0 Å². The van der Waals surface area contributed by atoms with Crippen molar-refractivity contribution in [2.24, 2.45) is 0 Å². The van der Waals surface area contributed by atoms with E-state index in [1.54, 1.807) is 0 Å². The van der Waals surface area contributed by atoms with E-state index in [1.807, 2.05) is 41.2 Å². The lowest BCUT2D eigenvalue weighted by Gasteiger charge is -2.05.